The van der Waals surface area contributed by atoms with E-state index in [1.807, 2.05) is 0 Å². The van der Waals surface area contributed by atoms with E-state index in [-0.39, 0.29) is 5.75 Å². The number of aryl methyl sites for hydroxylation is 1. The van der Waals surface area contributed by atoms with Gasteiger partial charge in [0.2, 0.25) is 5.82 Å². The maximum atomic E-state index is 14.0. The van der Waals surface area contributed by atoms with Crippen LogP contribution < -0.4 is 4.74 Å². The molecule has 0 saturated heterocycles. The first-order valence-electron chi connectivity index (χ1n) is 8.25. The van der Waals surface area contributed by atoms with E-state index >= 15 is 0 Å². The maximum Gasteiger partial charge on any atom is 0.200 e. The van der Waals surface area contributed by atoms with Crippen molar-refractivity contribution < 1.29 is 13.5 Å². The molecule has 0 bridgehead atoms. The van der Waals surface area contributed by atoms with E-state index < -0.39 is 11.6 Å². The molecule has 2 atom stereocenters. The van der Waals surface area contributed by atoms with Gasteiger partial charge in [-0.3, -0.25) is 0 Å². The van der Waals surface area contributed by atoms with Gasteiger partial charge in [0, 0.05) is 0 Å². The summed E-state index contributed by atoms with van der Waals surface area (Å²) in [7, 11) is 0. The van der Waals surface area contributed by atoms with Gasteiger partial charge in [0.05, 0.1) is 6.61 Å². The van der Waals surface area contributed by atoms with Gasteiger partial charge in [0.25, 0.3) is 0 Å². The average molecular weight is 296 g/mol. The summed E-state index contributed by atoms with van der Waals surface area (Å²) in [5, 5.41) is 0. The van der Waals surface area contributed by atoms with Gasteiger partial charge >= 0.3 is 0 Å². The SMILES string of the molecule is CCCC1CCC(CCc2ccc(OCC)c(F)c2F)C1. The molecule has 1 aromatic carbocycles. The molecule has 1 nitrogen and oxygen atoms in total. The lowest BCUT2D eigenvalue weighted by Gasteiger charge is -2.12. The third-order valence-corrected chi connectivity index (χ3v) is 4.60. The zero-order valence-corrected chi connectivity index (χ0v) is 13.1. The van der Waals surface area contributed by atoms with Crippen molar-refractivity contribution in [3.8, 4) is 5.75 Å². The highest BCUT2D eigenvalue weighted by Gasteiger charge is 2.24. The van der Waals surface area contributed by atoms with Crippen molar-refractivity contribution in [3.05, 3.63) is 29.3 Å². The second kappa shape index (κ2) is 7.77. The van der Waals surface area contributed by atoms with Gasteiger partial charge in [0.15, 0.2) is 11.6 Å². The monoisotopic (exact) mass is 296 g/mol. The Labute approximate surface area is 126 Å². The summed E-state index contributed by atoms with van der Waals surface area (Å²) in [6.45, 7) is 4.33. The lowest BCUT2D eigenvalue weighted by Crippen LogP contribution is -2.03. The van der Waals surface area contributed by atoms with Crippen molar-refractivity contribution in [3.63, 3.8) is 0 Å². The standard InChI is InChI=1S/C18H26F2O/c1-3-5-13-6-7-14(12-13)8-9-15-10-11-16(21-4-2)18(20)17(15)19/h10-11,13-14H,3-9,12H2,1-2H3. The molecule has 0 N–H and O–H groups in total. The topological polar surface area (TPSA) is 9.23 Å². The van der Waals surface area contributed by atoms with E-state index in [4.69, 9.17) is 4.74 Å². The van der Waals surface area contributed by atoms with Crippen molar-refractivity contribution >= 4 is 0 Å². The molecule has 0 heterocycles. The van der Waals surface area contributed by atoms with Gasteiger partial charge in [0.1, 0.15) is 0 Å². The predicted octanol–water partition coefficient (Wildman–Crippen LogP) is 5.51. The van der Waals surface area contributed by atoms with Gasteiger partial charge in [-0.1, -0.05) is 38.7 Å². The smallest absolute Gasteiger partial charge is 0.200 e. The van der Waals surface area contributed by atoms with E-state index in [1.54, 1.807) is 19.1 Å². The normalized spacial score (nSPS) is 21.7. The summed E-state index contributed by atoms with van der Waals surface area (Å²) in [5.74, 6) is -0.0335. The molecule has 0 aromatic heterocycles. The highest BCUT2D eigenvalue weighted by atomic mass is 19.2. The van der Waals surface area contributed by atoms with Crippen LogP contribution in [0.25, 0.3) is 0 Å². The third kappa shape index (κ3) is 4.18. The Kier molecular flexibility index (Phi) is 6.01. The Morgan fingerprint density at radius 1 is 1.05 bits per heavy atom. The molecule has 1 aliphatic carbocycles. The van der Waals surface area contributed by atoms with Crippen LogP contribution in [0.4, 0.5) is 8.78 Å². The fourth-order valence-corrected chi connectivity index (χ4v) is 3.50. The van der Waals surface area contributed by atoms with Crippen LogP contribution >= 0.6 is 0 Å². The minimum absolute atomic E-state index is 0.0163. The van der Waals surface area contributed by atoms with Crippen molar-refractivity contribution in [2.45, 2.75) is 58.8 Å². The first kappa shape index (κ1) is 16.3. The molecule has 3 heteroatoms. The number of hydrogen-bond acceptors (Lipinski definition) is 1. The molecule has 1 aromatic rings. The highest BCUT2D eigenvalue weighted by Crippen LogP contribution is 2.36. The van der Waals surface area contributed by atoms with Gasteiger partial charge in [-0.05, 0) is 49.7 Å². The fourth-order valence-electron chi connectivity index (χ4n) is 3.50. The molecule has 118 valence electrons. The number of benzene rings is 1. The molecule has 0 spiro atoms. The number of rotatable bonds is 7. The van der Waals surface area contributed by atoms with Crippen LogP contribution in [0.1, 0.15) is 57.9 Å². The maximum absolute atomic E-state index is 14.0. The van der Waals surface area contributed by atoms with Crippen molar-refractivity contribution in [1.82, 2.24) is 0 Å². The van der Waals surface area contributed by atoms with E-state index in [0.717, 1.165) is 12.3 Å². The van der Waals surface area contributed by atoms with E-state index in [0.29, 0.717) is 24.5 Å². The largest absolute Gasteiger partial charge is 0.491 e. The molecule has 2 unspecified atom stereocenters. The van der Waals surface area contributed by atoms with Crippen LogP contribution in [0.5, 0.6) is 5.75 Å². The molecule has 0 radical (unpaired) electrons. The number of ether oxygens (including phenoxy) is 1. The molecule has 1 saturated carbocycles. The molecular formula is C18H26F2O. The summed E-state index contributed by atoms with van der Waals surface area (Å²) in [6.07, 6.45) is 7.95. The number of hydrogen-bond donors (Lipinski definition) is 0. The minimum Gasteiger partial charge on any atom is -0.491 e. The first-order valence-corrected chi connectivity index (χ1v) is 8.25. The van der Waals surface area contributed by atoms with E-state index in [2.05, 4.69) is 6.92 Å². The lowest BCUT2D eigenvalue weighted by molar-refractivity contribution is 0.313. The van der Waals surface area contributed by atoms with Crippen LogP contribution in [0.3, 0.4) is 0 Å². The third-order valence-electron chi connectivity index (χ3n) is 4.60. The van der Waals surface area contributed by atoms with Crippen molar-refractivity contribution in [2.75, 3.05) is 6.61 Å². The zero-order chi connectivity index (χ0) is 15.2. The molecule has 21 heavy (non-hydrogen) atoms. The Morgan fingerprint density at radius 3 is 2.43 bits per heavy atom. The Morgan fingerprint density at radius 2 is 1.76 bits per heavy atom. The highest BCUT2D eigenvalue weighted by molar-refractivity contribution is 5.31. The van der Waals surface area contributed by atoms with Crippen LogP contribution in [0.15, 0.2) is 12.1 Å². The van der Waals surface area contributed by atoms with Gasteiger partial charge < -0.3 is 4.74 Å². The summed E-state index contributed by atoms with van der Waals surface area (Å²) in [4.78, 5) is 0. The molecule has 2 rings (SSSR count). The van der Waals surface area contributed by atoms with Crippen molar-refractivity contribution in [1.29, 1.82) is 0 Å². The predicted molar refractivity (Wildman–Crippen MR) is 81.6 cm³/mol. The summed E-state index contributed by atoms with van der Waals surface area (Å²) < 4.78 is 32.9. The first-order chi connectivity index (χ1) is 10.2. The van der Waals surface area contributed by atoms with E-state index in [1.165, 1.54) is 32.1 Å². The van der Waals surface area contributed by atoms with Crippen LogP contribution in [0.2, 0.25) is 0 Å². The summed E-state index contributed by atoms with van der Waals surface area (Å²) >= 11 is 0. The molecule has 1 aliphatic rings. The van der Waals surface area contributed by atoms with Crippen LogP contribution in [0, 0.1) is 23.5 Å². The van der Waals surface area contributed by atoms with Gasteiger partial charge in [-0.25, -0.2) is 4.39 Å². The second-order valence-corrected chi connectivity index (χ2v) is 6.16. The number of halogens is 2. The fraction of sp³-hybridized carbons (Fsp3) is 0.667. The van der Waals surface area contributed by atoms with Crippen LogP contribution in [-0.2, 0) is 6.42 Å². The zero-order valence-electron chi connectivity index (χ0n) is 13.1. The molecule has 0 amide bonds. The second-order valence-electron chi connectivity index (χ2n) is 6.16. The molecule has 1 fully saturated rings. The van der Waals surface area contributed by atoms with Gasteiger partial charge in [-0.2, -0.15) is 4.39 Å². The Hall–Kier alpha value is -1.12. The Balaban J connectivity index is 1.90. The minimum atomic E-state index is -0.843. The molecular weight excluding hydrogens is 270 g/mol. The average Bonchev–Trinajstić information content (AvgIpc) is 2.91. The summed E-state index contributed by atoms with van der Waals surface area (Å²) in [6, 6.07) is 3.22. The Bertz CT molecular complexity index is 459. The van der Waals surface area contributed by atoms with Gasteiger partial charge in [-0.15, -0.1) is 0 Å². The van der Waals surface area contributed by atoms with Crippen molar-refractivity contribution in [2.24, 2.45) is 11.8 Å². The van der Waals surface area contributed by atoms with E-state index in [9.17, 15) is 8.78 Å². The van der Waals surface area contributed by atoms with Crippen LogP contribution in [-0.4, -0.2) is 6.61 Å². The molecule has 0 aliphatic heterocycles. The summed E-state index contributed by atoms with van der Waals surface area (Å²) in [5.41, 5.74) is 0.481. The quantitative estimate of drug-likeness (QED) is 0.644. The lowest BCUT2D eigenvalue weighted by atomic mass is 9.95.